The number of aliphatic hydroxyl groups excluding tert-OH is 1. The van der Waals surface area contributed by atoms with E-state index in [9.17, 15) is 5.11 Å². The van der Waals surface area contributed by atoms with E-state index in [0.29, 0.717) is 17.6 Å². The zero-order valence-electron chi connectivity index (χ0n) is 8.23. The number of piperidine rings is 1. The third-order valence-electron chi connectivity index (χ3n) is 2.52. The van der Waals surface area contributed by atoms with Crippen LogP contribution in [-0.2, 0) is 0 Å². The second kappa shape index (κ2) is 4.06. The smallest absolute Gasteiger partial charge is 0.229 e. The van der Waals surface area contributed by atoms with Gasteiger partial charge in [-0.15, -0.1) is 0 Å². The lowest BCUT2D eigenvalue weighted by molar-refractivity contribution is 0.184. The molecular weight excluding hydrogens is 182 g/mol. The van der Waals surface area contributed by atoms with E-state index >= 15 is 0 Å². The number of hydrogen-bond acceptors (Lipinski definition) is 5. The minimum Gasteiger partial charge on any atom is -0.385 e. The molecule has 1 aromatic rings. The Morgan fingerprint density at radius 3 is 2.79 bits per heavy atom. The lowest BCUT2D eigenvalue weighted by Gasteiger charge is -2.18. The molecule has 2 N–H and O–H groups in total. The Kier molecular flexibility index (Phi) is 2.79. The Hall–Kier alpha value is -0.940. The van der Waals surface area contributed by atoms with Crippen molar-refractivity contribution in [3.63, 3.8) is 0 Å². The van der Waals surface area contributed by atoms with Gasteiger partial charge in [0.05, 0.1) is 0 Å². The van der Waals surface area contributed by atoms with Crippen molar-refractivity contribution >= 4 is 0 Å². The summed E-state index contributed by atoms with van der Waals surface area (Å²) >= 11 is 0. The van der Waals surface area contributed by atoms with Gasteiger partial charge in [-0.3, -0.25) is 0 Å². The third kappa shape index (κ3) is 1.93. The molecule has 5 heteroatoms. The summed E-state index contributed by atoms with van der Waals surface area (Å²) in [6, 6.07) is 0. The Balaban J connectivity index is 2.07. The summed E-state index contributed by atoms with van der Waals surface area (Å²) in [5.74, 6) is 1.41. The van der Waals surface area contributed by atoms with E-state index < -0.39 is 6.10 Å². The van der Waals surface area contributed by atoms with Crippen LogP contribution in [0, 0.1) is 0 Å². The van der Waals surface area contributed by atoms with Crippen LogP contribution in [0.15, 0.2) is 4.52 Å². The lowest BCUT2D eigenvalue weighted by atomic mass is 9.98. The van der Waals surface area contributed by atoms with Crippen molar-refractivity contribution in [1.29, 1.82) is 0 Å². The highest BCUT2D eigenvalue weighted by atomic mass is 16.5. The van der Waals surface area contributed by atoms with Crippen LogP contribution in [0.5, 0.6) is 0 Å². The zero-order chi connectivity index (χ0) is 9.97. The fourth-order valence-electron chi connectivity index (χ4n) is 1.65. The minimum atomic E-state index is -0.644. The maximum absolute atomic E-state index is 9.24. The van der Waals surface area contributed by atoms with Crippen LogP contribution >= 0.6 is 0 Å². The van der Waals surface area contributed by atoms with Crippen LogP contribution < -0.4 is 5.32 Å². The first kappa shape index (κ1) is 9.61. The van der Waals surface area contributed by atoms with Gasteiger partial charge < -0.3 is 14.9 Å². The molecule has 2 rings (SSSR count). The van der Waals surface area contributed by atoms with Crippen LogP contribution in [0.1, 0.15) is 43.5 Å². The van der Waals surface area contributed by atoms with Gasteiger partial charge in [0, 0.05) is 5.92 Å². The summed E-state index contributed by atoms with van der Waals surface area (Å²) in [5, 5.41) is 16.2. The predicted octanol–water partition coefficient (Wildman–Crippen LogP) is 0.590. The van der Waals surface area contributed by atoms with Crippen LogP contribution in [0.4, 0.5) is 0 Å². The van der Waals surface area contributed by atoms with E-state index in [4.69, 9.17) is 4.52 Å². The van der Waals surface area contributed by atoms with Gasteiger partial charge in [-0.1, -0.05) is 5.16 Å². The summed E-state index contributed by atoms with van der Waals surface area (Å²) in [6.07, 6.45) is 1.41. The molecule has 1 fully saturated rings. The van der Waals surface area contributed by atoms with Crippen molar-refractivity contribution < 1.29 is 9.63 Å². The Bertz CT molecular complexity index is 292. The molecule has 78 valence electrons. The van der Waals surface area contributed by atoms with E-state index in [1.165, 1.54) is 0 Å². The highest BCUT2D eigenvalue weighted by molar-refractivity contribution is 4.97. The average molecular weight is 197 g/mol. The fourth-order valence-corrected chi connectivity index (χ4v) is 1.65. The molecule has 1 aliphatic heterocycles. The van der Waals surface area contributed by atoms with Gasteiger partial charge in [-0.05, 0) is 32.9 Å². The topological polar surface area (TPSA) is 71.2 Å². The normalized spacial score (nSPS) is 21.0. The van der Waals surface area contributed by atoms with Crippen LogP contribution in [-0.4, -0.2) is 28.3 Å². The Morgan fingerprint density at radius 1 is 1.50 bits per heavy atom. The number of aliphatic hydroxyl groups is 1. The van der Waals surface area contributed by atoms with Crippen LogP contribution in [0.25, 0.3) is 0 Å². The molecule has 1 aromatic heterocycles. The second-order valence-corrected chi connectivity index (χ2v) is 3.69. The van der Waals surface area contributed by atoms with E-state index in [2.05, 4.69) is 15.5 Å². The molecule has 14 heavy (non-hydrogen) atoms. The summed E-state index contributed by atoms with van der Waals surface area (Å²) in [6.45, 7) is 3.63. The fraction of sp³-hybridized carbons (Fsp3) is 0.778. The molecule has 1 unspecified atom stereocenters. The number of hydrogen-bond donors (Lipinski definition) is 2. The standard InChI is InChI=1S/C9H15N3O2/c1-6(13)8-11-9(14-12-8)7-2-4-10-5-3-7/h6-7,10,13H,2-5H2,1H3. The lowest BCUT2D eigenvalue weighted by Crippen LogP contribution is -2.26. The third-order valence-corrected chi connectivity index (χ3v) is 2.52. The summed E-state index contributed by atoms with van der Waals surface area (Å²) in [4.78, 5) is 4.18. The molecule has 5 nitrogen and oxygen atoms in total. The molecule has 1 atom stereocenters. The first-order valence-corrected chi connectivity index (χ1v) is 4.99. The number of rotatable bonds is 2. The molecule has 0 saturated carbocycles. The monoisotopic (exact) mass is 197 g/mol. The summed E-state index contributed by atoms with van der Waals surface area (Å²) < 4.78 is 5.12. The van der Waals surface area contributed by atoms with Gasteiger partial charge >= 0.3 is 0 Å². The van der Waals surface area contributed by atoms with Gasteiger partial charge in [-0.2, -0.15) is 4.98 Å². The van der Waals surface area contributed by atoms with Crippen molar-refractivity contribution in [3.05, 3.63) is 11.7 Å². The van der Waals surface area contributed by atoms with Gasteiger partial charge in [0.15, 0.2) is 5.82 Å². The molecule has 1 saturated heterocycles. The van der Waals surface area contributed by atoms with E-state index in [1.54, 1.807) is 6.92 Å². The quantitative estimate of drug-likeness (QED) is 0.726. The van der Waals surface area contributed by atoms with Crippen molar-refractivity contribution in [3.8, 4) is 0 Å². The Labute approximate surface area is 82.5 Å². The number of aromatic nitrogens is 2. The van der Waals surface area contributed by atoms with Crippen molar-refractivity contribution in [2.75, 3.05) is 13.1 Å². The molecule has 0 aromatic carbocycles. The molecule has 0 radical (unpaired) electrons. The molecular formula is C9H15N3O2. The molecule has 0 bridgehead atoms. The van der Waals surface area contributed by atoms with Crippen molar-refractivity contribution in [1.82, 2.24) is 15.5 Å². The molecule has 2 heterocycles. The first-order valence-electron chi connectivity index (χ1n) is 4.99. The molecule has 0 spiro atoms. The molecule has 0 amide bonds. The molecule has 0 aliphatic carbocycles. The SMILES string of the molecule is CC(O)c1noc(C2CCNCC2)n1. The first-order chi connectivity index (χ1) is 6.77. The average Bonchev–Trinajstić information content (AvgIpc) is 2.68. The predicted molar refractivity (Wildman–Crippen MR) is 49.8 cm³/mol. The van der Waals surface area contributed by atoms with Crippen molar-refractivity contribution in [2.45, 2.75) is 31.8 Å². The van der Waals surface area contributed by atoms with Crippen molar-refractivity contribution in [2.24, 2.45) is 0 Å². The van der Waals surface area contributed by atoms with Gasteiger partial charge in [-0.25, -0.2) is 0 Å². The summed E-state index contributed by atoms with van der Waals surface area (Å²) in [5.41, 5.74) is 0. The number of nitrogens with one attached hydrogen (secondary N) is 1. The summed E-state index contributed by atoms with van der Waals surface area (Å²) in [7, 11) is 0. The van der Waals surface area contributed by atoms with E-state index in [0.717, 1.165) is 25.9 Å². The Morgan fingerprint density at radius 2 is 2.21 bits per heavy atom. The van der Waals surface area contributed by atoms with Crippen LogP contribution in [0.2, 0.25) is 0 Å². The van der Waals surface area contributed by atoms with Crippen LogP contribution in [0.3, 0.4) is 0 Å². The van der Waals surface area contributed by atoms with E-state index in [-0.39, 0.29) is 0 Å². The number of nitrogens with zero attached hydrogens (tertiary/aromatic N) is 2. The maximum atomic E-state index is 9.24. The van der Waals surface area contributed by atoms with Gasteiger partial charge in [0.1, 0.15) is 6.10 Å². The molecule has 1 aliphatic rings. The largest absolute Gasteiger partial charge is 0.385 e. The maximum Gasteiger partial charge on any atom is 0.229 e. The van der Waals surface area contributed by atoms with E-state index in [1.807, 2.05) is 0 Å². The highest BCUT2D eigenvalue weighted by Gasteiger charge is 2.22. The van der Waals surface area contributed by atoms with Gasteiger partial charge in [0.2, 0.25) is 5.89 Å². The van der Waals surface area contributed by atoms with Gasteiger partial charge in [0.25, 0.3) is 0 Å². The zero-order valence-corrected chi connectivity index (χ0v) is 8.23. The minimum absolute atomic E-state index is 0.358. The second-order valence-electron chi connectivity index (χ2n) is 3.69. The highest BCUT2D eigenvalue weighted by Crippen LogP contribution is 2.24.